The van der Waals surface area contributed by atoms with Gasteiger partial charge < -0.3 is 4.90 Å². The summed E-state index contributed by atoms with van der Waals surface area (Å²) < 4.78 is 0. The fraction of sp³-hybridized carbons (Fsp3) is 0.312. The van der Waals surface area contributed by atoms with Gasteiger partial charge in [-0.3, -0.25) is 4.79 Å². The molecule has 1 aromatic rings. The fourth-order valence-corrected chi connectivity index (χ4v) is 3.51. The molecule has 0 spiro atoms. The molecule has 0 aromatic heterocycles. The summed E-state index contributed by atoms with van der Waals surface area (Å²) in [6.07, 6.45) is 4.41. The molecular formula is C16H21NOSi. The molecule has 0 radical (unpaired) electrons. The van der Waals surface area contributed by atoms with Gasteiger partial charge in [0, 0.05) is 13.5 Å². The predicted molar refractivity (Wildman–Crippen MR) is 83.2 cm³/mol. The number of hydrogen-bond donors (Lipinski definition) is 0. The van der Waals surface area contributed by atoms with Crippen molar-refractivity contribution in [2.24, 2.45) is 0 Å². The molecule has 0 saturated carbocycles. The Morgan fingerprint density at radius 2 is 1.79 bits per heavy atom. The van der Waals surface area contributed by atoms with Gasteiger partial charge in [-0.1, -0.05) is 61.2 Å². The van der Waals surface area contributed by atoms with Crippen LogP contribution in [0.25, 0.3) is 5.70 Å². The van der Waals surface area contributed by atoms with E-state index in [2.05, 4.69) is 43.9 Å². The Kier molecular flexibility index (Phi) is 3.76. The average Bonchev–Trinajstić information content (AvgIpc) is 2.38. The number of carbonyl (C=O) groups excluding carboxylic acids is 1. The molecular weight excluding hydrogens is 250 g/mol. The maximum Gasteiger partial charge on any atom is 0.224 e. The van der Waals surface area contributed by atoms with Gasteiger partial charge in [0.2, 0.25) is 5.91 Å². The van der Waals surface area contributed by atoms with Crippen molar-refractivity contribution >= 4 is 19.7 Å². The lowest BCUT2D eigenvalue weighted by atomic mass is 10.1. The van der Waals surface area contributed by atoms with Crippen LogP contribution < -0.4 is 0 Å². The number of rotatable bonds is 2. The molecule has 1 heterocycles. The van der Waals surface area contributed by atoms with E-state index in [1.165, 1.54) is 5.20 Å². The minimum atomic E-state index is -1.35. The summed E-state index contributed by atoms with van der Waals surface area (Å²) in [7, 11) is -1.35. The molecule has 0 N–H and O–H groups in total. The molecule has 2 rings (SSSR count). The smallest absolute Gasteiger partial charge is 0.224 e. The lowest BCUT2D eigenvalue weighted by molar-refractivity contribution is -0.125. The van der Waals surface area contributed by atoms with Gasteiger partial charge in [0.15, 0.2) is 0 Å². The summed E-state index contributed by atoms with van der Waals surface area (Å²) in [5.41, 5.74) is 2.15. The van der Waals surface area contributed by atoms with Crippen LogP contribution in [0.1, 0.15) is 12.5 Å². The van der Waals surface area contributed by atoms with E-state index >= 15 is 0 Å². The first kappa shape index (κ1) is 13.8. The first-order chi connectivity index (χ1) is 8.89. The number of benzene rings is 1. The lowest BCUT2D eigenvalue weighted by Crippen LogP contribution is -2.33. The van der Waals surface area contributed by atoms with E-state index in [-0.39, 0.29) is 5.91 Å². The Balaban J connectivity index is 2.46. The Morgan fingerprint density at radius 3 is 2.32 bits per heavy atom. The van der Waals surface area contributed by atoms with Crippen molar-refractivity contribution in [2.75, 3.05) is 6.54 Å². The van der Waals surface area contributed by atoms with Crippen LogP contribution in [-0.4, -0.2) is 25.4 Å². The molecule has 19 heavy (non-hydrogen) atoms. The molecule has 1 aliphatic heterocycles. The highest BCUT2D eigenvalue weighted by atomic mass is 28.3. The summed E-state index contributed by atoms with van der Waals surface area (Å²) in [6.45, 7) is 9.32. The molecule has 3 heteroatoms. The zero-order chi connectivity index (χ0) is 14.0. The third-order valence-corrected chi connectivity index (χ3v) is 5.47. The van der Waals surface area contributed by atoms with Gasteiger partial charge >= 0.3 is 0 Å². The van der Waals surface area contributed by atoms with E-state index in [9.17, 15) is 4.79 Å². The first-order valence-corrected chi connectivity index (χ1v) is 10.2. The van der Waals surface area contributed by atoms with Gasteiger partial charge in [0.25, 0.3) is 0 Å². The summed E-state index contributed by atoms with van der Waals surface area (Å²) >= 11 is 0. The number of allylic oxidation sites excluding steroid dienone is 2. The van der Waals surface area contributed by atoms with Crippen molar-refractivity contribution in [3.05, 3.63) is 53.2 Å². The Morgan fingerprint density at radius 1 is 1.16 bits per heavy atom. The fourth-order valence-electron chi connectivity index (χ4n) is 2.24. The molecule has 100 valence electrons. The van der Waals surface area contributed by atoms with E-state index in [1.807, 2.05) is 23.1 Å². The molecule has 0 fully saturated rings. The SMILES string of the molecule is CC(=O)N1CC=C([Si](C)(C)C)C=C1c1ccccc1. The van der Waals surface area contributed by atoms with Crippen LogP contribution in [0.2, 0.25) is 19.6 Å². The highest BCUT2D eigenvalue weighted by Gasteiger charge is 2.25. The van der Waals surface area contributed by atoms with Gasteiger partial charge in [0.1, 0.15) is 0 Å². The van der Waals surface area contributed by atoms with E-state index in [1.54, 1.807) is 6.92 Å². The molecule has 2 nitrogen and oxygen atoms in total. The van der Waals surface area contributed by atoms with E-state index in [4.69, 9.17) is 0 Å². The molecule has 1 aromatic carbocycles. The molecule has 0 aliphatic carbocycles. The molecule has 0 atom stereocenters. The van der Waals surface area contributed by atoms with Crippen LogP contribution >= 0.6 is 0 Å². The molecule has 0 bridgehead atoms. The van der Waals surface area contributed by atoms with Crippen LogP contribution in [0.3, 0.4) is 0 Å². The maximum absolute atomic E-state index is 11.8. The summed E-state index contributed by atoms with van der Waals surface area (Å²) in [5.74, 6) is 0.0981. The Bertz CT molecular complexity index is 538. The topological polar surface area (TPSA) is 20.3 Å². The third kappa shape index (κ3) is 3.04. The summed E-state index contributed by atoms with van der Waals surface area (Å²) in [5, 5.41) is 1.42. The number of hydrogen-bond acceptors (Lipinski definition) is 1. The summed E-state index contributed by atoms with van der Waals surface area (Å²) in [6, 6.07) is 10.2. The predicted octanol–water partition coefficient (Wildman–Crippen LogP) is 3.69. The summed E-state index contributed by atoms with van der Waals surface area (Å²) in [4.78, 5) is 13.7. The largest absolute Gasteiger partial charge is 0.308 e. The highest BCUT2D eigenvalue weighted by Crippen LogP contribution is 2.29. The minimum absolute atomic E-state index is 0.0981. The van der Waals surface area contributed by atoms with Crippen molar-refractivity contribution < 1.29 is 4.79 Å². The Labute approximate surface area is 116 Å². The third-order valence-electron chi connectivity index (χ3n) is 3.39. The van der Waals surface area contributed by atoms with Gasteiger partial charge in [-0.25, -0.2) is 0 Å². The molecule has 0 unspecified atom stereocenters. The van der Waals surface area contributed by atoms with Gasteiger partial charge in [-0.2, -0.15) is 0 Å². The van der Waals surface area contributed by atoms with E-state index < -0.39 is 8.07 Å². The zero-order valence-corrected chi connectivity index (χ0v) is 13.1. The normalized spacial score (nSPS) is 15.9. The quantitative estimate of drug-likeness (QED) is 0.751. The van der Waals surface area contributed by atoms with E-state index in [0.29, 0.717) is 6.54 Å². The van der Waals surface area contributed by atoms with Crippen LogP contribution in [0.15, 0.2) is 47.7 Å². The van der Waals surface area contributed by atoms with Crippen LogP contribution in [0, 0.1) is 0 Å². The van der Waals surface area contributed by atoms with E-state index in [0.717, 1.165) is 11.3 Å². The van der Waals surface area contributed by atoms with Gasteiger partial charge in [-0.15, -0.1) is 0 Å². The van der Waals surface area contributed by atoms with Crippen molar-refractivity contribution in [2.45, 2.75) is 26.6 Å². The molecule has 1 amide bonds. The van der Waals surface area contributed by atoms with Crippen LogP contribution in [0.5, 0.6) is 0 Å². The van der Waals surface area contributed by atoms with Crippen molar-refractivity contribution in [1.82, 2.24) is 4.90 Å². The zero-order valence-electron chi connectivity index (χ0n) is 12.1. The second kappa shape index (κ2) is 5.17. The highest BCUT2D eigenvalue weighted by molar-refractivity contribution is 6.83. The number of nitrogens with zero attached hydrogens (tertiary/aromatic N) is 1. The molecule has 1 aliphatic rings. The van der Waals surface area contributed by atoms with Crippen molar-refractivity contribution in [3.8, 4) is 0 Å². The monoisotopic (exact) mass is 271 g/mol. The van der Waals surface area contributed by atoms with Gasteiger partial charge in [0.05, 0.1) is 13.8 Å². The maximum atomic E-state index is 11.8. The minimum Gasteiger partial charge on any atom is -0.308 e. The average molecular weight is 271 g/mol. The van der Waals surface area contributed by atoms with Crippen LogP contribution in [0.4, 0.5) is 0 Å². The lowest BCUT2D eigenvalue weighted by Gasteiger charge is -2.31. The van der Waals surface area contributed by atoms with Crippen molar-refractivity contribution in [1.29, 1.82) is 0 Å². The number of carbonyl (C=O) groups is 1. The van der Waals surface area contributed by atoms with Crippen LogP contribution in [-0.2, 0) is 4.79 Å². The van der Waals surface area contributed by atoms with Gasteiger partial charge in [-0.05, 0) is 11.6 Å². The standard InChI is InChI=1S/C16H21NOSi/c1-13(18)17-11-10-15(19(2,3)4)12-16(17)14-8-6-5-7-9-14/h5-10,12H,11H2,1-4H3. The second-order valence-electron chi connectivity index (χ2n) is 5.93. The second-order valence-corrected chi connectivity index (χ2v) is 11.0. The molecule has 0 saturated heterocycles. The van der Waals surface area contributed by atoms with Crippen molar-refractivity contribution in [3.63, 3.8) is 0 Å². The number of amides is 1. The first-order valence-electron chi connectivity index (χ1n) is 6.65. The Hall–Kier alpha value is -1.61.